The lowest BCUT2D eigenvalue weighted by Gasteiger charge is -2.10. The zero-order chi connectivity index (χ0) is 17.4. The van der Waals surface area contributed by atoms with E-state index in [0.717, 1.165) is 11.3 Å². The second kappa shape index (κ2) is 5.70. The Labute approximate surface area is 139 Å². The largest absolute Gasteiger partial charge is 0.497 e. The van der Waals surface area contributed by atoms with Crippen LogP contribution in [0.3, 0.4) is 0 Å². The van der Waals surface area contributed by atoms with Gasteiger partial charge in [0.25, 0.3) is 0 Å². The molecule has 24 heavy (non-hydrogen) atoms. The fourth-order valence-corrected chi connectivity index (χ4v) is 2.87. The maximum Gasteiger partial charge on any atom is 0.163 e. The number of benzene rings is 1. The summed E-state index contributed by atoms with van der Waals surface area (Å²) in [6, 6.07) is 11.2. The fraction of sp³-hybridized carbons (Fsp3) is 0.167. The monoisotopic (exact) mass is 320 g/mol. The molecule has 6 heteroatoms. The lowest BCUT2D eigenvalue weighted by atomic mass is 9.99. The van der Waals surface area contributed by atoms with Crippen molar-refractivity contribution in [2.24, 2.45) is 0 Å². The van der Waals surface area contributed by atoms with E-state index in [1.54, 1.807) is 20.1 Å². The number of hydrogen-bond acceptors (Lipinski definition) is 5. The highest BCUT2D eigenvalue weighted by atomic mass is 16.5. The summed E-state index contributed by atoms with van der Waals surface area (Å²) >= 11 is 0. The Hall–Kier alpha value is -3.33. The van der Waals surface area contributed by atoms with Crippen LogP contribution in [-0.2, 0) is 0 Å². The molecule has 2 heterocycles. The molecule has 3 aromatic rings. The third-order valence-electron chi connectivity index (χ3n) is 4.00. The molecular formula is C18H16N4O2. The third-order valence-corrected chi connectivity index (χ3v) is 4.00. The highest BCUT2D eigenvalue weighted by Crippen LogP contribution is 2.32. The van der Waals surface area contributed by atoms with Crippen molar-refractivity contribution in [1.82, 2.24) is 9.61 Å². The maximum atomic E-state index is 12.0. The van der Waals surface area contributed by atoms with Crippen molar-refractivity contribution in [3.05, 3.63) is 47.2 Å². The smallest absolute Gasteiger partial charge is 0.163 e. The molecule has 0 aliphatic heterocycles. The van der Waals surface area contributed by atoms with Gasteiger partial charge in [-0.15, -0.1) is 0 Å². The van der Waals surface area contributed by atoms with E-state index in [-0.39, 0.29) is 11.6 Å². The molecule has 0 fully saturated rings. The summed E-state index contributed by atoms with van der Waals surface area (Å²) in [7, 11) is 1.59. The Balaban J connectivity index is 2.36. The summed E-state index contributed by atoms with van der Waals surface area (Å²) in [5.74, 6) is 0.847. The SMILES string of the molecule is COc1ccc(-c2cc3c(C(C)=O)c(C)nn3c(N)c2C#N)cc1. The molecule has 0 saturated heterocycles. The normalized spacial score (nSPS) is 10.6. The number of nitriles is 1. The predicted molar refractivity (Wildman–Crippen MR) is 91.0 cm³/mol. The molecule has 0 unspecified atom stereocenters. The van der Waals surface area contributed by atoms with Gasteiger partial charge in [-0.2, -0.15) is 10.4 Å². The number of Topliss-reactive ketones (excluding diaryl/α,β-unsaturated/α-hetero) is 1. The van der Waals surface area contributed by atoms with Crippen molar-refractivity contribution < 1.29 is 9.53 Å². The number of ether oxygens (including phenoxy) is 1. The molecule has 120 valence electrons. The van der Waals surface area contributed by atoms with Gasteiger partial charge in [-0.05, 0) is 37.6 Å². The van der Waals surface area contributed by atoms with E-state index in [9.17, 15) is 10.1 Å². The number of pyridine rings is 1. The molecule has 0 aliphatic carbocycles. The van der Waals surface area contributed by atoms with E-state index < -0.39 is 0 Å². The molecule has 0 atom stereocenters. The number of fused-ring (bicyclic) bond motifs is 1. The van der Waals surface area contributed by atoms with E-state index in [4.69, 9.17) is 10.5 Å². The van der Waals surface area contributed by atoms with Crippen molar-refractivity contribution in [3.8, 4) is 22.9 Å². The first-order valence-electron chi connectivity index (χ1n) is 7.35. The van der Waals surface area contributed by atoms with Gasteiger partial charge < -0.3 is 10.5 Å². The number of nitrogen functional groups attached to an aromatic ring is 1. The van der Waals surface area contributed by atoms with Gasteiger partial charge in [0.05, 0.1) is 23.9 Å². The maximum absolute atomic E-state index is 12.0. The minimum absolute atomic E-state index is 0.0905. The number of ketones is 1. The van der Waals surface area contributed by atoms with Gasteiger partial charge >= 0.3 is 0 Å². The Bertz CT molecular complexity index is 995. The first kappa shape index (κ1) is 15.6. The van der Waals surface area contributed by atoms with E-state index in [1.165, 1.54) is 11.4 Å². The molecule has 0 bridgehead atoms. The zero-order valence-corrected chi connectivity index (χ0v) is 13.6. The number of hydrogen-bond donors (Lipinski definition) is 1. The molecule has 0 aliphatic rings. The second-order valence-corrected chi connectivity index (χ2v) is 5.47. The number of carbonyl (C=O) groups is 1. The molecule has 6 nitrogen and oxygen atoms in total. The van der Waals surface area contributed by atoms with Crippen LogP contribution >= 0.6 is 0 Å². The molecule has 0 saturated carbocycles. The summed E-state index contributed by atoms with van der Waals surface area (Å²) in [6.45, 7) is 3.24. The quantitative estimate of drug-likeness (QED) is 0.749. The molecular weight excluding hydrogens is 304 g/mol. The molecule has 0 amide bonds. The number of methoxy groups -OCH3 is 1. The van der Waals surface area contributed by atoms with Crippen LogP contribution in [0.4, 0.5) is 5.82 Å². The third kappa shape index (κ3) is 2.27. The Kier molecular flexibility index (Phi) is 3.70. The van der Waals surface area contributed by atoms with Crippen LogP contribution in [0.2, 0.25) is 0 Å². The number of nitrogens with zero attached hydrogens (tertiary/aromatic N) is 3. The van der Waals surface area contributed by atoms with Gasteiger partial charge in [0.2, 0.25) is 0 Å². The molecule has 2 aromatic heterocycles. The van der Waals surface area contributed by atoms with E-state index in [1.807, 2.05) is 24.3 Å². The number of aryl methyl sites for hydroxylation is 1. The first-order valence-corrected chi connectivity index (χ1v) is 7.35. The first-order chi connectivity index (χ1) is 11.5. The van der Waals surface area contributed by atoms with Gasteiger partial charge in [-0.3, -0.25) is 4.79 Å². The van der Waals surface area contributed by atoms with Crippen LogP contribution < -0.4 is 10.5 Å². The number of rotatable bonds is 3. The van der Waals surface area contributed by atoms with Crippen LogP contribution in [0.5, 0.6) is 5.75 Å². The lowest BCUT2D eigenvalue weighted by molar-refractivity contribution is 0.101. The number of anilines is 1. The summed E-state index contributed by atoms with van der Waals surface area (Å²) in [5.41, 5.74) is 9.65. The topological polar surface area (TPSA) is 93.4 Å². The van der Waals surface area contributed by atoms with E-state index >= 15 is 0 Å². The average Bonchev–Trinajstić information content (AvgIpc) is 2.91. The summed E-state index contributed by atoms with van der Waals surface area (Å²) in [4.78, 5) is 12.0. The Morgan fingerprint density at radius 1 is 1.33 bits per heavy atom. The predicted octanol–water partition coefficient (Wildman–Crippen LogP) is 2.97. The van der Waals surface area contributed by atoms with Gasteiger partial charge in [-0.1, -0.05) is 12.1 Å². The molecule has 0 radical (unpaired) electrons. The zero-order valence-electron chi connectivity index (χ0n) is 13.6. The van der Waals surface area contributed by atoms with Crippen LogP contribution in [0.1, 0.15) is 28.5 Å². The standard InChI is InChI=1S/C18H16N4O2/c1-10-17(11(2)23)16-8-14(12-4-6-13(24-3)7-5-12)15(9-19)18(20)22(16)21-10/h4-8H,20H2,1-3H3. The minimum Gasteiger partial charge on any atom is -0.497 e. The van der Waals surface area contributed by atoms with Crippen LogP contribution in [0, 0.1) is 18.3 Å². The molecule has 1 aromatic carbocycles. The summed E-state index contributed by atoms with van der Waals surface area (Å²) in [6.07, 6.45) is 0. The summed E-state index contributed by atoms with van der Waals surface area (Å²) < 4.78 is 6.62. The van der Waals surface area contributed by atoms with Gasteiger partial charge in [0.1, 0.15) is 23.2 Å². The summed E-state index contributed by atoms with van der Waals surface area (Å²) in [5, 5.41) is 13.8. The fourth-order valence-electron chi connectivity index (χ4n) is 2.87. The van der Waals surface area contributed by atoms with Gasteiger partial charge in [-0.25, -0.2) is 4.52 Å². The highest BCUT2D eigenvalue weighted by molar-refractivity contribution is 6.03. The lowest BCUT2D eigenvalue weighted by Crippen LogP contribution is -2.04. The molecule has 3 rings (SSSR count). The van der Waals surface area contributed by atoms with Crippen molar-refractivity contribution in [2.45, 2.75) is 13.8 Å². The number of nitrogens with two attached hydrogens (primary N) is 1. The number of aromatic nitrogens is 2. The van der Waals surface area contributed by atoms with Crippen molar-refractivity contribution >= 4 is 17.1 Å². The molecule has 2 N–H and O–H groups in total. The minimum atomic E-state index is -0.0905. The van der Waals surface area contributed by atoms with Crippen molar-refractivity contribution in [3.63, 3.8) is 0 Å². The Morgan fingerprint density at radius 2 is 2.00 bits per heavy atom. The van der Waals surface area contributed by atoms with Crippen molar-refractivity contribution in [2.75, 3.05) is 12.8 Å². The Morgan fingerprint density at radius 3 is 2.54 bits per heavy atom. The molecule has 0 spiro atoms. The van der Waals surface area contributed by atoms with Crippen molar-refractivity contribution in [1.29, 1.82) is 5.26 Å². The highest BCUT2D eigenvalue weighted by Gasteiger charge is 2.20. The van der Waals surface area contributed by atoms with Gasteiger partial charge in [0, 0.05) is 5.56 Å². The number of carbonyl (C=O) groups excluding carboxylic acids is 1. The second-order valence-electron chi connectivity index (χ2n) is 5.47. The average molecular weight is 320 g/mol. The van der Waals surface area contributed by atoms with Crippen LogP contribution in [-0.4, -0.2) is 22.5 Å². The van der Waals surface area contributed by atoms with E-state index in [0.29, 0.717) is 27.9 Å². The van der Waals surface area contributed by atoms with Crippen LogP contribution in [0.15, 0.2) is 30.3 Å². The van der Waals surface area contributed by atoms with E-state index in [2.05, 4.69) is 11.2 Å². The van der Waals surface area contributed by atoms with Gasteiger partial charge in [0.15, 0.2) is 5.78 Å². The van der Waals surface area contributed by atoms with Crippen LogP contribution in [0.25, 0.3) is 16.6 Å².